The maximum atomic E-state index is 13.3. The number of likely N-dealkylation sites (tertiary alicyclic amines) is 1. The fraction of sp³-hybridized carbons (Fsp3) is 0.414. The molecule has 0 bridgehead atoms. The monoisotopic (exact) mass is 470 g/mol. The minimum atomic E-state index is 0.0926. The molecule has 0 aliphatic carbocycles. The molecule has 0 atom stereocenters. The molecule has 2 aromatic carbocycles. The standard InChI is InChI=1S/C29H34N4O2/c1-22-7-9-26(10-8-22)35-28-27(30-15-16-31-28)32-19-13-25(14-20-32)29(34)33-17-11-24(12-18-33)21-23-5-3-2-4-6-23/h2-10,15-16,24-25H,11-14,17-21H2,1H3. The van der Waals surface area contributed by atoms with E-state index >= 15 is 0 Å². The van der Waals surface area contributed by atoms with Gasteiger partial charge < -0.3 is 14.5 Å². The molecule has 0 saturated carbocycles. The number of rotatable bonds is 6. The maximum absolute atomic E-state index is 13.3. The molecule has 0 radical (unpaired) electrons. The van der Waals surface area contributed by atoms with Crippen LogP contribution in [0.5, 0.6) is 11.6 Å². The van der Waals surface area contributed by atoms with Gasteiger partial charge in [-0.3, -0.25) is 4.79 Å². The summed E-state index contributed by atoms with van der Waals surface area (Å²) in [5, 5.41) is 0. The highest BCUT2D eigenvalue weighted by atomic mass is 16.5. The number of amides is 1. The number of carbonyl (C=O) groups excluding carboxylic acids is 1. The molecule has 2 fully saturated rings. The van der Waals surface area contributed by atoms with Gasteiger partial charge in [0.05, 0.1) is 0 Å². The summed E-state index contributed by atoms with van der Waals surface area (Å²) in [6.45, 7) is 5.38. The van der Waals surface area contributed by atoms with Crippen molar-refractivity contribution in [2.45, 2.75) is 39.0 Å². The Hall–Kier alpha value is -3.41. The minimum Gasteiger partial charge on any atom is -0.436 e. The normalized spacial score (nSPS) is 17.4. The molecule has 6 heteroatoms. The Bertz CT molecular complexity index is 1100. The number of anilines is 1. The quantitative estimate of drug-likeness (QED) is 0.491. The highest BCUT2D eigenvalue weighted by molar-refractivity contribution is 5.79. The lowest BCUT2D eigenvalue weighted by atomic mass is 9.88. The van der Waals surface area contributed by atoms with Crippen molar-refractivity contribution < 1.29 is 9.53 Å². The average Bonchev–Trinajstić information content (AvgIpc) is 2.91. The Balaban J connectivity index is 1.13. The first-order valence-electron chi connectivity index (χ1n) is 12.8. The van der Waals surface area contributed by atoms with Gasteiger partial charge in [-0.25, -0.2) is 9.97 Å². The van der Waals surface area contributed by atoms with Gasteiger partial charge in [0.2, 0.25) is 5.91 Å². The Labute approximate surface area is 208 Å². The zero-order valence-electron chi connectivity index (χ0n) is 20.5. The summed E-state index contributed by atoms with van der Waals surface area (Å²) in [7, 11) is 0. The summed E-state index contributed by atoms with van der Waals surface area (Å²) < 4.78 is 6.05. The van der Waals surface area contributed by atoms with Crippen LogP contribution in [0.2, 0.25) is 0 Å². The van der Waals surface area contributed by atoms with E-state index in [1.807, 2.05) is 24.3 Å². The predicted octanol–water partition coefficient (Wildman–Crippen LogP) is 5.28. The number of aryl methyl sites for hydroxylation is 1. The van der Waals surface area contributed by atoms with Gasteiger partial charge in [0.15, 0.2) is 5.82 Å². The van der Waals surface area contributed by atoms with E-state index in [-0.39, 0.29) is 5.92 Å². The zero-order valence-corrected chi connectivity index (χ0v) is 20.5. The van der Waals surface area contributed by atoms with Crippen LogP contribution in [0.15, 0.2) is 67.0 Å². The van der Waals surface area contributed by atoms with Crippen molar-refractivity contribution in [1.29, 1.82) is 0 Å². The molecule has 0 N–H and O–H groups in total. The van der Waals surface area contributed by atoms with Gasteiger partial charge in [0, 0.05) is 44.5 Å². The highest BCUT2D eigenvalue weighted by Gasteiger charge is 2.32. The molecule has 0 spiro atoms. The Morgan fingerprint density at radius 2 is 1.57 bits per heavy atom. The highest BCUT2D eigenvalue weighted by Crippen LogP contribution is 2.32. The summed E-state index contributed by atoms with van der Waals surface area (Å²) >= 11 is 0. The number of benzene rings is 2. The fourth-order valence-electron chi connectivity index (χ4n) is 5.23. The molecule has 0 unspecified atom stereocenters. The molecule has 1 aromatic heterocycles. The Morgan fingerprint density at radius 3 is 2.29 bits per heavy atom. The molecule has 6 nitrogen and oxygen atoms in total. The molecular formula is C29H34N4O2. The van der Waals surface area contributed by atoms with Crippen molar-refractivity contribution in [2.24, 2.45) is 11.8 Å². The lowest BCUT2D eigenvalue weighted by Gasteiger charge is -2.37. The number of hydrogen-bond donors (Lipinski definition) is 0. The van der Waals surface area contributed by atoms with Crippen LogP contribution in [0.25, 0.3) is 0 Å². The van der Waals surface area contributed by atoms with Gasteiger partial charge in [0.25, 0.3) is 5.88 Å². The third-order valence-electron chi connectivity index (χ3n) is 7.32. The summed E-state index contributed by atoms with van der Waals surface area (Å²) in [5.74, 6) is 3.11. The molecule has 2 saturated heterocycles. The molecule has 35 heavy (non-hydrogen) atoms. The summed E-state index contributed by atoms with van der Waals surface area (Å²) in [4.78, 5) is 26.6. The van der Waals surface area contributed by atoms with Crippen molar-refractivity contribution >= 4 is 11.7 Å². The first kappa shape index (κ1) is 23.3. The second kappa shape index (κ2) is 10.9. The van der Waals surface area contributed by atoms with Gasteiger partial charge in [-0.05, 0) is 62.6 Å². The number of ether oxygens (including phenoxy) is 1. The molecule has 1 amide bonds. The largest absolute Gasteiger partial charge is 0.436 e. The van der Waals surface area contributed by atoms with E-state index in [1.165, 1.54) is 11.1 Å². The van der Waals surface area contributed by atoms with Crippen molar-refractivity contribution in [3.63, 3.8) is 0 Å². The van der Waals surface area contributed by atoms with Crippen molar-refractivity contribution in [3.05, 3.63) is 78.1 Å². The van der Waals surface area contributed by atoms with E-state index in [0.29, 0.717) is 17.7 Å². The smallest absolute Gasteiger partial charge is 0.263 e. The van der Waals surface area contributed by atoms with Gasteiger partial charge in [-0.1, -0.05) is 48.0 Å². The lowest BCUT2D eigenvalue weighted by Crippen LogP contribution is -2.45. The van der Waals surface area contributed by atoms with E-state index in [4.69, 9.17) is 4.74 Å². The molecule has 3 aromatic rings. The van der Waals surface area contributed by atoms with Crippen LogP contribution in [-0.2, 0) is 11.2 Å². The third-order valence-corrected chi connectivity index (χ3v) is 7.32. The Kier molecular flexibility index (Phi) is 7.26. The van der Waals surface area contributed by atoms with Crippen LogP contribution in [0.4, 0.5) is 5.82 Å². The molecule has 2 aliphatic heterocycles. The fourth-order valence-corrected chi connectivity index (χ4v) is 5.23. The van der Waals surface area contributed by atoms with Crippen molar-refractivity contribution in [2.75, 3.05) is 31.1 Å². The van der Waals surface area contributed by atoms with Gasteiger partial charge in [-0.15, -0.1) is 0 Å². The number of hydrogen-bond acceptors (Lipinski definition) is 5. The summed E-state index contributed by atoms with van der Waals surface area (Å²) in [5.41, 5.74) is 2.59. The predicted molar refractivity (Wildman–Crippen MR) is 138 cm³/mol. The molecule has 2 aliphatic rings. The third kappa shape index (κ3) is 5.81. The van der Waals surface area contributed by atoms with E-state index in [9.17, 15) is 4.79 Å². The molecule has 182 valence electrons. The first-order valence-corrected chi connectivity index (χ1v) is 12.8. The van der Waals surface area contributed by atoms with Crippen molar-refractivity contribution in [3.8, 4) is 11.6 Å². The second-order valence-electron chi connectivity index (χ2n) is 9.82. The number of piperidine rings is 2. The lowest BCUT2D eigenvalue weighted by molar-refractivity contribution is -0.137. The van der Waals surface area contributed by atoms with Gasteiger partial charge in [-0.2, -0.15) is 0 Å². The van der Waals surface area contributed by atoms with E-state index in [2.05, 4.69) is 57.0 Å². The van der Waals surface area contributed by atoms with Crippen LogP contribution in [0.3, 0.4) is 0 Å². The zero-order chi connectivity index (χ0) is 24.0. The van der Waals surface area contributed by atoms with E-state index < -0.39 is 0 Å². The van der Waals surface area contributed by atoms with Gasteiger partial charge in [0.1, 0.15) is 5.75 Å². The van der Waals surface area contributed by atoms with E-state index in [1.54, 1.807) is 12.4 Å². The average molecular weight is 471 g/mol. The molecule has 5 rings (SSSR count). The minimum absolute atomic E-state index is 0.0926. The van der Waals surface area contributed by atoms with Crippen molar-refractivity contribution in [1.82, 2.24) is 14.9 Å². The topological polar surface area (TPSA) is 58.6 Å². The van der Waals surface area contributed by atoms with Gasteiger partial charge >= 0.3 is 0 Å². The second-order valence-corrected chi connectivity index (χ2v) is 9.82. The summed E-state index contributed by atoms with van der Waals surface area (Å²) in [6.07, 6.45) is 8.34. The maximum Gasteiger partial charge on any atom is 0.263 e. The first-order chi connectivity index (χ1) is 17.2. The molecule has 3 heterocycles. The SMILES string of the molecule is Cc1ccc(Oc2nccnc2N2CCC(C(=O)N3CCC(Cc4ccccc4)CC3)CC2)cc1. The van der Waals surface area contributed by atoms with E-state index in [0.717, 1.165) is 69.9 Å². The van der Waals surface area contributed by atoms with Crippen LogP contribution >= 0.6 is 0 Å². The Morgan fingerprint density at radius 1 is 0.886 bits per heavy atom. The van der Waals surface area contributed by atoms with Crippen LogP contribution in [0, 0.1) is 18.8 Å². The number of carbonyl (C=O) groups is 1. The number of nitrogens with zero attached hydrogens (tertiary/aromatic N) is 4. The van der Waals surface area contributed by atoms with Crippen LogP contribution in [-0.4, -0.2) is 47.0 Å². The van der Waals surface area contributed by atoms with Crippen LogP contribution < -0.4 is 9.64 Å². The number of aromatic nitrogens is 2. The summed E-state index contributed by atoms with van der Waals surface area (Å²) in [6, 6.07) is 18.6. The molecular weight excluding hydrogens is 436 g/mol. The van der Waals surface area contributed by atoms with Crippen LogP contribution in [0.1, 0.15) is 36.8 Å².